The van der Waals surface area contributed by atoms with Crippen LogP contribution in [0.3, 0.4) is 0 Å². The standard InChI is InChI=1S/C10H10F3NOS/c11-10(12,13)4-5-14-9(15)7-2-1-3-8(16)6-7/h1-3,6,16H,4-5H2,(H,14,15). The molecular formula is C10H10F3NOS. The monoisotopic (exact) mass is 249 g/mol. The van der Waals surface area contributed by atoms with Gasteiger partial charge in [-0.3, -0.25) is 4.79 Å². The predicted molar refractivity (Wildman–Crippen MR) is 56.7 cm³/mol. The van der Waals surface area contributed by atoms with Crippen molar-refractivity contribution in [3.05, 3.63) is 29.8 Å². The summed E-state index contributed by atoms with van der Waals surface area (Å²) in [5.74, 6) is -0.528. The number of thiol groups is 1. The highest BCUT2D eigenvalue weighted by Crippen LogP contribution is 2.18. The Hall–Kier alpha value is -1.17. The molecule has 0 saturated carbocycles. The zero-order chi connectivity index (χ0) is 12.2. The summed E-state index contributed by atoms with van der Waals surface area (Å²) in [5.41, 5.74) is 0.301. The average molecular weight is 249 g/mol. The van der Waals surface area contributed by atoms with Gasteiger partial charge in [0, 0.05) is 17.0 Å². The maximum atomic E-state index is 11.8. The number of halogens is 3. The Balaban J connectivity index is 2.47. The molecule has 0 atom stereocenters. The smallest absolute Gasteiger partial charge is 0.352 e. The number of nitrogens with one attached hydrogen (secondary N) is 1. The van der Waals surface area contributed by atoms with Crippen molar-refractivity contribution in [2.75, 3.05) is 6.54 Å². The fourth-order valence-electron chi connectivity index (χ4n) is 1.07. The maximum Gasteiger partial charge on any atom is 0.390 e. The largest absolute Gasteiger partial charge is 0.390 e. The third-order valence-electron chi connectivity index (χ3n) is 1.80. The first-order valence-electron chi connectivity index (χ1n) is 4.52. The molecule has 0 aliphatic heterocycles. The van der Waals surface area contributed by atoms with E-state index in [2.05, 4.69) is 17.9 Å². The fourth-order valence-corrected chi connectivity index (χ4v) is 1.29. The van der Waals surface area contributed by atoms with Crippen molar-refractivity contribution >= 4 is 18.5 Å². The SMILES string of the molecule is O=C(NCCC(F)(F)F)c1cccc(S)c1. The number of amides is 1. The van der Waals surface area contributed by atoms with E-state index in [4.69, 9.17) is 0 Å². The molecule has 1 aromatic carbocycles. The van der Waals surface area contributed by atoms with Crippen LogP contribution in [0, 0.1) is 0 Å². The molecule has 0 spiro atoms. The molecule has 88 valence electrons. The van der Waals surface area contributed by atoms with Gasteiger partial charge in [-0.2, -0.15) is 13.2 Å². The van der Waals surface area contributed by atoms with Crippen molar-refractivity contribution < 1.29 is 18.0 Å². The Kier molecular flexibility index (Phi) is 4.23. The lowest BCUT2D eigenvalue weighted by Gasteiger charge is -2.07. The number of benzene rings is 1. The molecule has 1 amide bonds. The molecule has 16 heavy (non-hydrogen) atoms. The van der Waals surface area contributed by atoms with Crippen LogP contribution < -0.4 is 5.32 Å². The summed E-state index contributed by atoms with van der Waals surface area (Å²) >= 11 is 4.03. The summed E-state index contributed by atoms with van der Waals surface area (Å²) in [6, 6.07) is 6.30. The highest BCUT2D eigenvalue weighted by atomic mass is 32.1. The molecular weight excluding hydrogens is 239 g/mol. The summed E-state index contributed by atoms with van der Waals surface area (Å²) in [6.45, 7) is -0.418. The van der Waals surface area contributed by atoms with E-state index < -0.39 is 25.0 Å². The van der Waals surface area contributed by atoms with Crippen molar-refractivity contribution in [1.82, 2.24) is 5.32 Å². The lowest BCUT2D eigenvalue weighted by molar-refractivity contribution is -0.132. The van der Waals surface area contributed by atoms with Crippen molar-refractivity contribution in [3.63, 3.8) is 0 Å². The lowest BCUT2D eigenvalue weighted by Crippen LogP contribution is -2.27. The van der Waals surface area contributed by atoms with Crippen LogP contribution in [-0.4, -0.2) is 18.6 Å². The highest BCUT2D eigenvalue weighted by Gasteiger charge is 2.26. The van der Waals surface area contributed by atoms with Gasteiger partial charge in [0.15, 0.2) is 0 Å². The number of hydrogen-bond donors (Lipinski definition) is 2. The minimum absolute atomic E-state index is 0.301. The Morgan fingerprint density at radius 1 is 1.38 bits per heavy atom. The van der Waals surface area contributed by atoms with E-state index >= 15 is 0 Å². The van der Waals surface area contributed by atoms with Gasteiger partial charge in [-0.25, -0.2) is 0 Å². The molecule has 1 N–H and O–H groups in total. The molecule has 0 saturated heterocycles. The minimum atomic E-state index is -4.25. The lowest BCUT2D eigenvalue weighted by atomic mass is 10.2. The maximum absolute atomic E-state index is 11.8. The quantitative estimate of drug-likeness (QED) is 0.792. The molecule has 0 aromatic heterocycles. The van der Waals surface area contributed by atoms with Gasteiger partial charge in [0.2, 0.25) is 0 Å². The highest BCUT2D eigenvalue weighted by molar-refractivity contribution is 7.80. The van der Waals surface area contributed by atoms with E-state index in [-0.39, 0.29) is 0 Å². The van der Waals surface area contributed by atoms with Crippen LogP contribution in [0.25, 0.3) is 0 Å². The second kappa shape index (κ2) is 5.25. The van der Waals surface area contributed by atoms with E-state index in [1.165, 1.54) is 12.1 Å². The molecule has 0 aliphatic rings. The summed E-state index contributed by atoms with van der Waals surface area (Å²) in [6.07, 6.45) is -5.28. The molecule has 0 fully saturated rings. The summed E-state index contributed by atoms with van der Waals surface area (Å²) in [4.78, 5) is 12.0. The van der Waals surface area contributed by atoms with Crippen LogP contribution >= 0.6 is 12.6 Å². The Morgan fingerprint density at radius 3 is 2.62 bits per heavy atom. The van der Waals surface area contributed by atoms with Crippen LogP contribution in [0.15, 0.2) is 29.2 Å². The first-order chi connectivity index (χ1) is 7.38. The van der Waals surface area contributed by atoms with E-state index in [1.54, 1.807) is 12.1 Å². The Labute approximate surface area is 96.3 Å². The third-order valence-corrected chi connectivity index (χ3v) is 2.08. The number of alkyl halides is 3. The number of carbonyl (C=O) groups excluding carboxylic acids is 1. The molecule has 0 unspecified atom stereocenters. The molecule has 1 aromatic rings. The summed E-state index contributed by atoms with van der Waals surface area (Å²) < 4.78 is 35.4. The number of rotatable bonds is 3. The van der Waals surface area contributed by atoms with Gasteiger partial charge in [-0.1, -0.05) is 6.07 Å². The fraction of sp³-hybridized carbons (Fsp3) is 0.300. The molecule has 0 heterocycles. The van der Waals surface area contributed by atoms with Gasteiger partial charge in [-0.05, 0) is 18.2 Å². The normalized spacial score (nSPS) is 11.2. The van der Waals surface area contributed by atoms with Crippen LogP contribution in [-0.2, 0) is 0 Å². The zero-order valence-corrected chi connectivity index (χ0v) is 9.11. The average Bonchev–Trinajstić information content (AvgIpc) is 2.15. The van der Waals surface area contributed by atoms with Crippen LogP contribution in [0.1, 0.15) is 16.8 Å². The van der Waals surface area contributed by atoms with Crippen LogP contribution in [0.2, 0.25) is 0 Å². The number of hydrogen-bond acceptors (Lipinski definition) is 2. The van der Waals surface area contributed by atoms with E-state index in [0.717, 1.165) is 0 Å². The van der Waals surface area contributed by atoms with Crippen molar-refractivity contribution in [2.45, 2.75) is 17.5 Å². The van der Waals surface area contributed by atoms with E-state index in [1.807, 2.05) is 0 Å². The molecule has 2 nitrogen and oxygen atoms in total. The Morgan fingerprint density at radius 2 is 2.06 bits per heavy atom. The topological polar surface area (TPSA) is 29.1 Å². The first kappa shape index (κ1) is 12.9. The van der Waals surface area contributed by atoms with Gasteiger partial charge in [0.05, 0.1) is 6.42 Å². The van der Waals surface area contributed by atoms with Gasteiger partial charge in [-0.15, -0.1) is 12.6 Å². The van der Waals surface area contributed by atoms with Gasteiger partial charge >= 0.3 is 6.18 Å². The number of carbonyl (C=O) groups is 1. The summed E-state index contributed by atoms with van der Waals surface area (Å²) in [5, 5.41) is 2.19. The van der Waals surface area contributed by atoms with Crippen LogP contribution in [0.5, 0.6) is 0 Å². The minimum Gasteiger partial charge on any atom is -0.352 e. The summed E-state index contributed by atoms with van der Waals surface area (Å²) in [7, 11) is 0. The molecule has 1 rings (SSSR count). The van der Waals surface area contributed by atoms with Gasteiger partial charge in [0.25, 0.3) is 5.91 Å². The second-order valence-electron chi connectivity index (χ2n) is 3.17. The molecule has 0 aliphatic carbocycles. The van der Waals surface area contributed by atoms with Crippen molar-refractivity contribution in [2.24, 2.45) is 0 Å². The molecule has 0 bridgehead atoms. The Bertz CT molecular complexity index is 379. The van der Waals surface area contributed by atoms with E-state index in [0.29, 0.717) is 10.5 Å². The predicted octanol–water partition coefficient (Wildman–Crippen LogP) is 2.66. The molecule has 6 heteroatoms. The van der Waals surface area contributed by atoms with E-state index in [9.17, 15) is 18.0 Å². The molecule has 0 radical (unpaired) electrons. The van der Waals surface area contributed by atoms with Gasteiger partial charge in [0.1, 0.15) is 0 Å². The van der Waals surface area contributed by atoms with Crippen LogP contribution in [0.4, 0.5) is 13.2 Å². The van der Waals surface area contributed by atoms with Gasteiger partial charge < -0.3 is 5.32 Å². The third kappa shape index (κ3) is 4.57. The van der Waals surface area contributed by atoms with Crippen molar-refractivity contribution in [1.29, 1.82) is 0 Å². The first-order valence-corrected chi connectivity index (χ1v) is 4.97. The second-order valence-corrected chi connectivity index (χ2v) is 3.69. The zero-order valence-electron chi connectivity index (χ0n) is 8.21. The van der Waals surface area contributed by atoms with Crippen molar-refractivity contribution in [3.8, 4) is 0 Å².